The molecule has 4 aromatic carbocycles. The third-order valence-corrected chi connectivity index (χ3v) is 5.80. The average molecular weight is 430 g/mol. The van der Waals surface area contributed by atoms with Crippen LogP contribution in [0.25, 0.3) is 10.8 Å². The molecule has 0 fully saturated rings. The fourth-order valence-corrected chi connectivity index (χ4v) is 3.87. The molecule has 0 aliphatic carbocycles. The SMILES string of the molecule is O=C(Oc1ccccc1/C=N\NS(=O)(=O)c1ccccc1)c1cccc2ccccc12. The first-order chi connectivity index (χ1) is 15.0. The second-order valence-corrected chi connectivity index (χ2v) is 8.28. The Morgan fingerprint density at radius 2 is 1.48 bits per heavy atom. The molecule has 0 atom stereocenters. The van der Waals surface area contributed by atoms with Gasteiger partial charge < -0.3 is 4.74 Å². The maximum atomic E-state index is 12.8. The molecule has 0 saturated heterocycles. The number of rotatable bonds is 6. The molecule has 7 heteroatoms. The van der Waals surface area contributed by atoms with Gasteiger partial charge in [0.2, 0.25) is 0 Å². The molecular formula is C24H18N2O4S. The maximum Gasteiger partial charge on any atom is 0.344 e. The van der Waals surface area contributed by atoms with Crippen molar-refractivity contribution in [2.75, 3.05) is 0 Å². The molecule has 0 unspecified atom stereocenters. The fraction of sp³-hybridized carbons (Fsp3) is 0. The van der Waals surface area contributed by atoms with E-state index < -0.39 is 16.0 Å². The molecule has 0 amide bonds. The quantitative estimate of drug-likeness (QED) is 0.213. The van der Waals surface area contributed by atoms with Gasteiger partial charge in [0.1, 0.15) is 5.75 Å². The van der Waals surface area contributed by atoms with E-state index in [-0.39, 0.29) is 10.6 Å². The zero-order chi connectivity index (χ0) is 21.7. The summed E-state index contributed by atoms with van der Waals surface area (Å²) in [6.07, 6.45) is 1.30. The van der Waals surface area contributed by atoms with E-state index in [2.05, 4.69) is 9.93 Å². The van der Waals surface area contributed by atoms with E-state index >= 15 is 0 Å². The number of ether oxygens (including phenoxy) is 1. The number of hydrogen-bond donors (Lipinski definition) is 1. The van der Waals surface area contributed by atoms with Gasteiger partial charge in [0, 0.05) is 5.56 Å². The molecule has 0 heterocycles. The largest absolute Gasteiger partial charge is 0.422 e. The van der Waals surface area contributed by atoms with Gasteiger partial charge in [-0.25, -0.2) is 9.63 Å². The van der Waals surface area contributed by atoms with Gasteiger partial charge in [-0.2, -0.15) is 13.5 Å². The van der Waals surface area contributed by atoms with Gasteiger partial charge >= 0.3 is 5.97 Å². The number of carbonyl (C=O) groups is 1. The monoisotopic (exact) mass is 430 g/mol. The summed E-state index contributed by atoms with van der Waals surface area (Å²) < 4.78 is 30.2. The van der Waals surface area contributed by atoms with Crippen LogP contribution in [0.2, 0.25) is 0 Å². The lowest BCUT2D eigenvalue weighted by Crippen LogP contribution is -2.18. The molecule has 1 N–H and O–H groups in total. The molecule has 0 aliphatic heterocycles. The Kier molecular flexibility index (Phi) is 5.77. The topological polar surface area (TPSA) is 84.8 Å². The smallest absolute Gasteiger partial charge is 0.344 e. The molecule has 0 radical (unpaired) electrons. The molecular weight excluding hydrogens is 412 g/mol. The summed E-state index contributed by atoms with van der Waals surface area (Å²) in [7, 11) is -3.79. The normalized spacial score (nSPS) is 11.5. The summed E-state index contributed by atoms with van der Waals surface area (Å²) in [5.74, 6) is -0.245. The van der Waals surface area contributed by atoms with Crippen molar-refractivity contribution in [2.24, 2.45) is 5.10 Å². The van der Waals surface area contributed by atoms with Crippen LogP contribution in [0.5, 0.6) is 5.75 Å². The number of para-hydroxylation sites is 1. The standard InChI is InChI=1S/C24H18N2O4S/c27-24(22-15-8-11-18-9-4-6-14-21(18)22)30-23-16-7-5-10-19(23)17-25-26-31(28,29)20-12-2-1-3-13-20/h1-17,26H/b25-17-. The molecule has 4 aromatic rings. The molecule has 0 aromatic heterocycles. The van der Waals surface area contributed by atoms with Crippen molar-refractivity contribution in [3.63, 3.8) is 0 Å². The van der Waals surface area contributed by atoms with E-state index in [1.807, 2.05) is 30.3 Å². The molecule has 0 bridgehead atoms. The second-order valence-electron chi connectivity index (χ2n) is 6.62. The Morgan fingerprint density at radius 3 is 2.32 bits per heavy atom. The molecule has 0 spiro atoms. The first-order valence-electron chi connectivity index (χ1n) is 9.43. The minimum absolute atomic E-state index is 0.0998. The Bertz CT molecular complexity index is 1360. The first-order valence-corrected chi connectivity index (χ1v) is 10.9. The predicted octanol–water partition coefficient (Wildman–Crippen LogP) is 4.37. The summed E-state index contributed by atoms with van der Waals surface area (Å²) in [5.41, 5.74) is 0.890. The highest BCUT2D eigenvalue weighted by Gasteiger charge is 2.14. The summed E-state index contributed by atoms with van der Waals surface area (Å²) in [6, 6.07) is 27.6. The first kappa shape index (κ1) is 20.3. The van der Waals surface area contributed by atoms with Gasteiger partial charge in [-0.3, -0.25) is 0 Å². The van der Waals surface area contributed by atoms with Crippen LogP contribution in [0.3, 0.4) is 0 Å². The lowest BCUT2D eigenvalue weighted by Gasteiger charge is -2.09. The third-order valence-electron chi connectivity index (χ3n) is 4.56. The number of benzene rings is 4. The van der Waals surface area contributed by atoms with Gasteiger partial charge in [-0.15, -0.1) is 0 Å². The van der Waals surface area contributed by atoms with E-state index in [1.54, 1.807) is 54.6 Å². The van der Waals surface area contributed by atoms with Crippen LogP contribution in [-0.4, -0.2) is 20.6 Å². The second kappa shape index (κ2) is 8.81. The molecule has 31 heavy (non-hydrogen) atoms. The zero-order valence-corrected chi connectivity index (χ0v) is 17.1. The Balaban J connectivity index is 1.55. The van der Waals surface area contributed by atoms with Crippen molar-refractivity contribution in [1.29, 1.82) is 0 Å². The molecule has 154 valence electrons. The number of hydrogen-bond acceptors (Lipinski definition) is 5. The number of fused-ring (bicyclic) bond motifs is 1. The highest BCUT2D eigenvalue weighted by atomic mass is 32.2. The highest BCUT2D eigenvalue weighted by Crippen LogP contribution is 2.22. The van der Waals surface area contributed by atoms with E-state index in [4.69, 9.17) is 4.74 Å². The van der Waals surface area contributed by atoms with Crippen molar-refractivity contribution in [3.8, 4) is 5.75 Å². The maximum absolute atomic E-state index is 12.8. The number of carbonyl (C=O) groups excluding carboxylic acids is 1. The lowest BCUT2D eigenvalue weighted by atomic mass is 10.0. The van der Waals surface area contributed by atoms with Gasteiger partial charge in [-0.05, 0) is 41.1 Å². The molecule has 0 saturated carbocycles. The van der Waals surface area contributed by atoms with Gasteiger partial charge in [0.25, 0.3) is 10.0 Å². The van der Waals surface area contributed by atoms with Crippen LogP contribution in [0, 0.1) is 0 Å². The third kappa shape index (κ3) is 4.62. The fourth-order valence-electron chi connectivity index (χ4n) is 3.06. The van der Waals surface area contributed by atoms with Gasteiger partial charge in [-0.1, -0.05) is 66.7 Å². The van der Waals surface area contributed by atoms with E-state index in [9.17, 15) is 13.2 Å². The highest BCUT2D eigenvalue weighted by molar-refractivity contribution is 7.89. The van der Waals surface area contributed by atoms with Crippen molar-refractivity contribution in [2.45, 2.75) is 4.90 Å². The van der Waals surface area contributed by atoms with Crippen LogP contribution in [0.1, 0.15) is 15.9 Å². The average Bonchev–Trinajstić information content (AvgIpc) is 2.80. The predicted molar refractivity (Wildman–Crippen MR) is 120 cm³/mol. The molecule has 4 rings (SSSR count). The van der Waals surface area contributed by atoms with Crippen molar-refractivity contribution < 1.29 is 17.9 Å². The van der Waals surface area contributed by atoms with Crippen LogP contribution >= 0.6 is 0 Å². The minimum Gasteiger partial charge on any atom is -0.422 e. The van der Waals surface area contributed by atoms with Crippen molar-refractivity contribution >= 4 is 33.0 Å². The number of nitrogens with one attached hydrogen (secondary N) is 1. The molecule has 6 nitrogen and oxygen atoms in total. The number of sulfonamides is 1. The number of esters is 1. The minimum atomic E-state index is -3.79. The van der Waals surface area contributed by atoms with Crippen LogP contribution < -0.4 is 9.57 Å². The van der Waals surface area contributed by atoms with Crippen LogP contribution in [-0.2, 0) is 10.0 Å². The van der Waals surface area contributed by atoms with E-state index in [0.29, 0.717) is 11.1 Å². The summed E-state index contributed by atoms with van der Waals surface area (Å²) >= 11 is 0. The Morgan fingerprint density at radius 1 is 0.806 bits per heavy atom. The Hall–Kier alpha value is -3.97. The number of nitrogens with zero attached hydrogens (tertiary/aromatic N) is 1. The zero-order valence-electron chi connectivity index (χ0n) is 16.3. The van der Waals surface area contributed by atoms with Gasteiger partial charge in [0.05, 0.1) is 16.7 Å². The number of hydrazone groups is 1. The van der Waals surface area contributed by atoms with E-state index in [1.165, 1.54) is 18.3 Å². The summed E-state index contributed by atoms with van der Waals surface area (Å²) in [6.45, 7) is 0. The van der Waals surface area contributed by atoms with Gasteiger partial charge in [0.15, 0.2) is 0 Å². The van der Waals surface area contributed by atoms with E-state index in [0.717, 1.165) is 10.8 Å². The summed E-state index contributed by atoms with van der Waals surface area (Å²) in [4.78, 5) is 15.1. The lowest BCUT2D eigenvalue weighted by molar-refractivity contribution is 0.0736. The van der Waals surface area contributed by atoms with Crippen molar-refractivity contribution in [1.82, 2.24) is 4.83 Å². The van der Waals surface area contributed by atoms with Crippen molar-refractivity contribution in [3.05, 3.63) is 108 Å². The Labute approximate surface area is 179 Å². The van der Waals surface area contributed by atoms with Crippen LogP contribution in [0.15, 0.2) is 107 Å². The molecule has 0 aliphatic rings. The summed E-state index contributed by atoms with van der Waals surface area (Å²) in [5, 5.41) is 5.55. The van der Waals surface area contributed by atoms with Crippen LogP contribution in [0.4, 0.5) is 0 Å².